The molecule has 0 radical (unpaired) electrons. The molecule has 0 bridgehead atoms. The molecule has 1 aliphatic rings. The van der Waals surface area contributed by atoms with Crippen molar-refractivity contribution in [1.82, 2.24) is 9.21 Å². The molecule has 0 unspecified atom stereocenters. The summed E-state index contributed by atoms with van der Waals surface area (Å²) in [6, 6.07) is 16.5. The van der Waals surface area contributed by atoms with E-state index in [9.17, 15) is 13.2 Å². The van der Waals surface area contributed by atoms with Gasteiger partial charge < -0.3 is 9.64 Å². The number of hydrogen-bond acceptors (Lipinski definition) is 4. The molecule has 1 amide bonds. The summed E-state index contributed by atoms with van der Waals surface area (Å²) in [5.74, 6) is 1.09. The minimum atomic E-state index is -3.22. The lowest BCUT2D eigenvalue weighted by molar-refractivity contribution is 0.0683. The quantitative estimate of drug-likeness (QED) is 0.790. The number of hydrogen-bond donors (Lipinski definition) is 0. The first-order valence-corrected chi connectivity index (χ1v) is 10.8. The molecular formula is C20H24N2O4S. The van der Waals surface area contributed by atoms with Crippen LogP contribution in [0.2, 0.25) is 0 Å². The maximum atomic E-state index is 13.0. The van der Waals surface area contributed by atoms with Gasteiger partial charge in [0.2, 0.25) is 10.0 Å². The minimum absolute atomic E-state index is 0.0696. The van der Waals surface area contributed by atoms with Crippen LogP contribution in [0.15, 0.2) is 54.6 Å². The number of nitrogens with zero attached hydrogens (tertiary/aromatic N) is 2. The van der Waals surface area contributed by atoms with Gasteiger partial charge in [-0.3, -0.25) is 4.79 Å². The first-order chi connectivity index (χ1) is 12.9. The molecule has 0 aliphatic carbocycles. The summed E-state index contributed by atoms with van der Waals surface area (Å²) in [5, 5.41) is 0. The topological polar surface area (TPSA) is 66.9 Å². The Morgan fingerprint density at radius 3 is 2.26 bits per heavy atom. The zero-order chi connectivity index (χ0) is 19.4. The van der Waals surface area contributed by atoms with Crippen LogP contribution in [0.1, 0.15) is 23.2 Å². The monoisotopic (exact) mass is 388 g/mol. The number of likely N-dealkylation sites (tertiary alicyclic amines) is 1. The highest BCUT2D eigenvalue weighted by atomic mass is 32.2. The lowest BCUT2D eigenvalue weighted by atomic mass is 10.0. The highest BCUT2D eigenvalue weighted by molar-refractivity contribution is 7.88. The Labute approximate surface area is 160 Å². The maximum Gasteiger partial charge on any atom is 0.257 e. The molecule has 1 aliphatic heterocycles. The molecule has 0 spiro atoms. The molecule has 1 saturated heterocycles. The largest absolute Gasteiger partial charge is 0.457 e. The molecule has 1 fully saturated rings. The molecule has 2 aromatic carbocycles. The van der Waals surface area contributed by atoms with Crippen LogP contribution >= 0.6 is 0 Å². The molecule has 0 saturated carbocycles. The fraction of sp³-hybridized carbons (Fsp3) is 0.350. The van der Waals surface area contributed by atoms with Gasteiger partial charge in [0.25, 0.3) is 5.91 Å². The Morgan fingerprint density at radius 1 is 1.04 bits per heavy atom. The molecule has 6 nitrogen and oxygen atoms in total. The average Bonchev–Trinajstić information content (AvgIpc) is 2.67. The van der Waals surface area contributed by atoms with Gasteiger partial charge in [-0.15, -0.1) is 0 Å². The van der Waals surface area contributed by atoms with Gasteiger partial charge in [-0.25, -0.2) is 12.7 Å². The van der Waals surface area contributed by atoms with Gasteiger partial charge in [-0.1, -0.05) is 30.3 Å². The van der Waals surface area contributed by atoms with Gasteiger partial charge in [0.1, 0.15) is 11.5 Å². The van der Waals surface area contributed by atoms with E-state index in [1.54, 1.807) is 24.1 Å². The third-order valence-electron chi connectivity index (χ3n) is 4.88. The molecule has 7 heteroatoms. The number of ether oxygens (including phenoxy) is 1. The lowest BCUT2D eigenvalue weighted by Crippen LogP contribution is -2.47. The summed E-state index contributed by atoms with van der Waals surface area (Å²) in [4.78, 5) is 14.8. The number of piperidine rings is 1. The Hall–Kier alpha value is -2.38. The molecule has 2 aromatic rings. The van der Waals surface area contributed by atoms with Crippen molar-refractivity contribution in [2.24, 2.45) is 0 Å². The highest BCUT2D eigenvalue weighted by Gasteiger charge is 2.30. The molecule has 144 valence electrons. The van der Waals surface area contributed by atoms with Crippen molar-refractivity contribution < 1.29 is 17.9 Å². The van der Waals surface area contributed by atoms with Gasteiger partial charge in [0.15, 0.2) is 0 Å². The maximum absolute atomic E-state index is 13.0. The number of benzene rings is 2. The van der Waals surface area contributed by atoms with Crippen molar-refractivity contribution in [1.29, 1.82) is 0 Å². The van der Waals surface area contributed by atoms with Crippen molar-refractivity contribution in [2.75, 3.05) is 26.4 Å². The Kier molecular flexibility index (Phi) is 5.82. The van der Waals surface area contributed by atoms with Crippen molar-refractivity contribution in [2.45, 2.75) is 18.9 Å². The summed E-state index contributed by atoms with van der Waals surface area (Å²) in [6.07, 6.45) is 2.45. The van der Waals surface area contributed by atoms with E-state index in [0.29, 0.717) is 43.0 Å². The van der Waals surface area contributed by atoms with Gasteiger partial charge >= 0.3 is 0 Å². The SMILES string of the molecule is CN(C1CCN(C(=O)c2ccccc2Oc2ccccc2)CC1)S(C)(=O)=O. The van der Waals surface area contributed by atoms with E-state index in [4.69, 9.17) is 4.74 Å². The Bertz CT molecular complexity index is 891. The van der Waals surface area contributed by atoms with Crippen molar-refractivity contribution in [3.8, 4) is 11.5 Å². The van der Waals surface area contributed by atoms with E-state index in [0.717, 1.165) is 0 Å². The third kappa shape index (κ3) is 4.67. The fourth-order valence-electron chi connectivity index (χ4n) is 3.22. The molecule has 0 aromatic heterocycles. The van der Waals surface area contributed by atoms with Crippen LogP contribution in [0.3, 0.4) is 0 Å². The minimum Gasteiger partial charge on any atom is -0.457 e. The van der Waals surface area contributed by atoms with E-state index in [2.05, 4.69) is 0 Å². The van der Waals surface area contributed by atoms with E-state index in [1.165, 1.54) is 10.6 Å². The van der Waals surface area contributed by atoms with E-state index in [-0.39, 0.29) is 11.9 Å². The van der Waals surface area contributed by atoms with Crippen LogP contribution in [-0.2, 0) is 10.0 Å². The summed E-state index contributed by atoms with van der Waals surface area (Å²) in [6.45, 7) is 1.03. The third-order valence-corrected chi connectivity index (χ3v) is 6.22. The Morgan fingerprint density at radius 2 is 1.63 bits per heavy atom. The normalized spacial score (nSPS) is 15.7. The average molecular weight is 388 g/mol. The summed E-state index contributed by atoms with van der Waals surface area (Å²) >= 11 is 0. The number of sulfonamides is 1. The summed E-state index contributed by atoms with van der Waals surface area (Å²) in [5.41, 5.74) is 0.510. The zero-order valence-electron chi connectivity index (χ0n) is 15.5. The second kappa shape index (κ2) is 8.10. The Balaban J connectivity index is 1.71. The van der Waals surface area contributed by atoms with E-state index in [1.807, 2.05) is 42.5 Å². The number of carbonyl (C=O) groups is 1. The summed E-state index contributed by atoms with van der Waals surface area (Å²) in [7, 11) is -1.63. The van der Waals surface area contributed by atoms with Gasteiger partial charge in [0, 0.05) is 26.2 Å². The number of para-hydroxylation sites is 2. The summed E-state index contributed by atoms with van der Waals surface area (Å²) < 4.78 is 30.7. The van der Waals surface area contributed by atoms with E-state index < -0.39 is 10.0 Å². The smallest absolute Gasteiger partial charge is 0.257 e. The molecular weight excluding hydrogens is 364 g/mol. The molecule has 27 heavy (non-hydrogen) atoms. The molecule has 0 atom stereocenters. The molecule has 0 N–H and O–H groups in total. The molecule has 3 rings (SSSR count). The fourth-order valence-corrected chi connectivity index (χ4v) is 3.97. The van der Waals surface area contributed by atoms with Crippen LogP contribution in [0.25, 0.3) is 0 Å². The first-order valence-electron chi connectivity index (χ1n) is 8.90. The second-order valence-corrected chi connectivity index (χ2v) is 8.76. The van der Waals surface area contributed by atoms with Gasteiger partial charge in [-0.2, -0.15) is 0 Å². The van der Waals surface area contributed by atoms with Gasteiger partial charge in [-0.05, 0) is 37.1 Å². The van der Waals surface area contributed by atoms with Gasteiger partial charge in [0.05, 0.1) is 11.8 Å². The van der Waals surface area contributed by atoms with Crippen molar-refractivity contribution in [3.63, 3.8) is 0 Å². The van der Waals surface area contributed by atoms with E-state index >= 15 is 0 Å². The van der Waals surface area contributed by atoms with Crippen LogP contribution in [0, 0.1) is 0 Å². The number of carbonyl (C=O) groups excluding carboxylic acids is 1. The highest BCUT2D eigenvalue weighted by Crippen LogP contribution is 2.27. The molecule has 1 heterocycles. The van der Waals surface area contributed by atoms with Crippen molar-refractivity contribution >= 4 is 15.9 Å². The predicted octanol–water partition coefficient (Wildman–Crippen LogP) is 2.97. The van der Waals surface area contributed by atoms with Crippen LogP contribution in [0.5, 0.6) is 11.5 Å². The number of amides is 1. The standard InChI is InChI=1S/C20H24N2O4S/c1-21(27(2,24)25)16-12-14-22(15-13-16)20(23)18-10-6-7-11-19(18)26-17-8-4-3-5-9-17/h3-11,16H,12-15H2,1-2H3. The number of rotatable bonds is 5. The van der Waals surface area contributed by atoms with Crippen LogP contribution < -0.4 is 4.74 Å². The first kappa shape index (κ1) is 19.4. The zero-order valence-corrected chi connectivity index (χ0v) is 16.4. The predicted molar refractivity (Wildman–Crippen MR) is 104 cm³/mol. The van der Waals surface area contributed by atoms with Crippen LogP contribution in [0.4, 0.5) is 0 Å². The lowest BCUT2D eigenvalue weighted by Gasteiger charge is -2.35. The second-order valence-electron chi connectivity index (χ2n) is 6.71. The van der Waals surface area contributed by atoms with Crippen molar-refractivity contribution in [3.05, 3.63) is 60.2 Å². The van der Waals surface area contributed by atoms with Crippen LogP contribution in [-0.4, -0.2) is 56.0 Å².